The van der Waals surface area contributed by atoms with Crippen molar-refractivity contribution in [3.05, 3.63) is 22.6 Å². The first-order valence-corrected chi connectivity index (χ1v) is 12.6. The average Bonchev–Trinajstić information content (AvgIpc) is 3.13. The van der Waals surface area contributed by atoms with Crippen LogP contribution in [0, 0.1) is 0 Å². The van der Waals surface area contributed by atoms with Gasteiger partial charge in [-0.15, -0.1) is 0 Å². The van der Waals surface area contributed by atoms with Crippen LogP contribution in [-0.4, -0.2) is 53.1 Å². The van der Waals surface area contributed by atoms with Crippen LogP contribution < -0.4 is 35.0 Å². The molecule has 2 aromatic rings. The fourth-order valence-electron chi connectivity index (χ4n) is 2.80. The molecule has 0 bridgehead atoms. The van der Waals surface area contributed by atoms with E-state index in [2.05, 4.69) is 23.1 Å². The third-order valence-electron chi connectivity index (χ3n) is 3.93. The minimum atomic E-state index is -5.77. The first-order valence-electron chi connectivity index (χ1n) is 8.12. The number of aromatic amines is 1. The van der Waals surface area contributed by atoms with Crippen LogP contribution in [0.4, 0.5) is 5.95 Å². The molecule has 0 radical (unpaired) electrons. The van der Waals surface area contributed by atoms with Crippen molar-refractivity contribution in [1.82, 2.24) is 14.5 Å². The number of hydrogen-bond acceptors (Lipinski definition) is 12. The molecule has 7 N–H and O–H groups in total. The standard InChI is InChI=1S/C11H17N4O13P3.Li/c12-11-13-9-5(10(17)14-11)1-2-15(9)8-3-6(16)7(26-8)4-25-30(21,22)28-31(23,24)27-29(18,19)20;/h1-2,6-8,16H,3-4H2,(H,21,22)(H,23,24)(H2,18,19,20)(H3,12,13,14,17);/q;+1/p-1. The predicted octanol–water partition coefficient (Wildman–Crippen LogP) is -4.33. The maximum atomic E-state index is 11.9. The molecule has 32 heavy (non-hydrogen) atoms. The molecular formula is C11H16LiN4O13P3. The summed E-state index contributed by atoms with van der Waals surface area (Å²) in [6.07, 6.45) is -2.00. The van der Waals surface area contributed by atoms with E-state index >= 15 is 0 Å². The monoisotopic (exact) mass is 512 g/mol. The number of rotatable bonds is 8. The van der Waals surface area contributed by atoms with Crippen LogP contribution in [0.25, 0.3) is 11.0 Å². The Morgan fingerprint density at radius 2 is 1.94 bits per heavy atom. The third-order valence-corrected chi connectivity index (χ3v) is 7.71. The zero-order chi connectivity index (χ0) is 23.2. The van der Waals surface area contributed by atoms with Crippen LogP contribution in [0.2, 0.25) is 0 Å². The zero-order valence-electron chi connectivity index (χ0n) is 16.1. The van der Waals surface area contributed by atoms with Crippen molar-refractivity contribution in [3.63, 3.8) is 0 Å². The molecule has 3 rings (SSSR count). The summed E-state index contributed by atoms with van der Waals surface area (Å²) in [4.78, 5) is 55.6. The van der Waals surface area contributed by atoms with Gasteiger partial charge in [0.1, 0.15) is 12.3 Å². The fraction of sp³-hybridized carbons (Fsp3) is 0.455. The summed E-state index contributed by atoms with van der Waals surface area (Å²) in [6.45, 7) is -0.838. The average molecular weight is 512 g/mol. The van der Waals surface area contributed by atoms with E-state index in [1.54, 1.807) is 0 Å². The summed E-state index contributed by atoms with van der Waals surface area (Å²) in [5, 5.41) is 10.3. The van der Waals surface area contributed by atoms with E-state index in [-0.39, 0.29) is 42.3 Å². The van der Waals surface area contributed by atoms with Crippen molar-refractivity contribution in [2.75, 3.05) is 12.3 Å². The van der Waals surface area contributed by atoms with Gasteiger partial charge in [-0.25, -0.2) is 13.4 Å². The Kier molecular flexibility index (Phi) is 8.38. The Balaban J connectivity index is 0.00000363. The van der Waals surface area contributed by atoms with Crippen molar-refractivity contribution >= 4 is 40.4 Å². The van der Waals surface area contributed by atoms with Gasteiger partial charge < -0.3 is 39.7 Å². The summed E-state index contributed by atoms with van der Waals surface area (Å²) < 4.78 is 51.9. The SMILES string of the molecule is Nc1nc2c(ccn2C2CC(O)C(COP(=O)(O)OP(=O)(O)OP(=O)([O-])O)O2)c(=O)[nH]1.[Li+]. The van der Waals surface area contributed by atoms with Crippen molar-refractivity contribution in [3.8, 4) is 0 Å². The molecular weight excluding hydrogens is 496 g/mol. The number of nitrogens with two attached hydrogens (primary N) is 1. The number of nitrogens with one attached hydrogen (secondary N) is 1. The number of nitrogen functional groups attached to an aromatic ring is 1. The van der Waals surface area contributed by atoms with Crippen LogP contribution >= 0.6 is 23.5 Å². The molecule has 1 aliphatic rings. The van der Waals surface area contributed by atoms with Gasteiger partial charge in [0.05, 0.1) is 18.1 Å². The quantitative estimate of drug-likeness (QED) is 0.144. The Morgan fingerprint density at radius 1 is 1.28 bits per heavy atom. The van der Waals surface area contributed by atoms with Crippen LogP contribution in [0.5, 0.6) is 0 Å². The Hall–Kier alpha value is -0.853. The molecule has 6 atom stereocenters. The maximum absolute atomic E-state index is 11.9. The van der Waals surface area contributed by atoms with E-state index in [4.69, 9.17) is 20.3 Å². The molecule has 0 amide bonds. The van der Waals surface area contributed by atoms with E-state index in [1.165, 1.54) is 16.8 Å². The second kappa shape index (κ2) is 9.79. The van der Waals surface area contributed by atoms with Crippen molar-refractivity contribution in [2.24, 2.45) is 0 Å². The molecule has 174 valence electrons. The molecule has 17 nitrogen and oxygen atoms in total. The third kappa shape index (κ3) is 6.83. The number of H-pyrrole nitrogens is 1. The van der Waals surface area contributed by atoms with Gasteiger partial charge in [0.15, 0.2) is 5.65 Å². The Morgan fingerprint density at radius 3 is 2.56 bits per heavy atom. The van der Waals surface area contributed by atoms with Crippen LogP contribution in [0.1, 0.15) is 12.6 Å². The topological polar surface area (TPSA) is 269 Å². The first-order chi connectivity index (χ1) is 14.2. The van der Waals surface area contributed by atoms with Gasteiger partial charge in [0.25, 0.3) is 13.4 Å². The number of fused-ring (bicyclic) bond motifs is 1. The fourth-order valence-corrected chi connectivity index (χ4v) is 5.79. The Labute approximate surface area is 190 Å². The summed E-state index contributed by atoms with van der Waals surface area (Å²) in [7, 11) is -16.9. The molecule has 0 spiro atoms. The minimum absolute atomic E-state index is 0. The van der Waals surface area contributed by atoms with Crippen LogP contribution in [-0.2, 0) is 31.6 Å². The number of aliphatic hydroxyl groups is 1. The molecule has 0 aromatic carbocycles. The largest absolute Gasteiger partial charge is 1.00 e. The van der Waals surface area contributed by atoms with Gasteiger partial charge in [-0.3, -0.25) is 18.9 Å². The van der Waals surface area contributed by atoms with Crippen LogP contribution in [0.3, 0.4) is 0 Å². The van der Waals surface area contributed by atoms with Gasteiger partial charge >= 0.3 is 34.5 Å². The van der Waals surface area contributed by atoms with E-state index in [1.807, 2.05) is 0 Å². The molecule has 0 saturated carbocycles. The van der Waals surface area contributed by atoms with Crippen LogP contribution in [0.15, 0.2) is 17.1 Å². The van der Waals surface area contributed by atoms with Gasteiger partial charge in [-0.2, -0.15) is 9.29 Å². The summed E-state index contributed by atoms with van der Waals surface area (Å²) in [5.74, 6) is -0.157. The Bertz CT molecular complexity index is 1180. The second-order valence-corrected chi connectivity index (χ2v) is 10.6. The predicted molar refractivity (Wildman–Crippen MR) is 96.9 cm³/mol. The van der Waals surface area contributed by atoms with E-state index in [0.29, 0.717) is 0 Å². The minimum Gasteiger partial charge on any atom is -0.756 e. The zero-order valence-corrected chi connectivity index (χ0v) is 18.8. The summed E-state index contributed by atoms with van der Waals surface area (Å²) in [5.41, 5.74) is 5.17. The van der Waals surface area contributed by atoms with Gasteiger partial charge in [0, 0.05) is 12.6 Å². The number of aromatic nitrogens is 3. The summed E-state index contributed by atoms with van der Waals surface area (Å²) >= 11 is 0. The smallest absolute Gasteiger partial charge is 0.756 e. The van der Waals surface area contributed by atoms with E-state index in [9.17, 15) is 33.4 Å². The summed E-state index contributed by atoms with van der Waals surface area (Å²) in [6, 6.07) is 1.44. The number of phosphoric ester groups is 1. The molecule has 21 heteroatoms. The number of anilines is 1. The number of hydrogen-bond donors (Lipinski definition) is 6. The number of aliphatic hydroxyl groups excluding tert-OH is 1. The molecule has 6 unspecified atom stereocenters. The molecule has 3 heterocycles. The number of ether oxygens (including phenoxy) is 1. The molecule has 1 saturated heterocycles. The van der Waals surface area contributed by atoms with Crippen molar-refractivity contribution in [1.29, 1.82) is 0 Å². The van der Waals surface area contributed by atoms with Crippen molar-refractivity contribution < 1.29 is 75.1 Å². The number of nitrogens with zero attached hydrogens (tertiary/aromatic N) is 2. The van der Waals surface area contributed by atoms with E-state index < -0.39 is 54.1 Å². The second-order valence-electron chi connectivity index (χ2n) is 6.21. The number of phosphoric acid groups is 3. The van der Waals surface area contributed by atoms with Gasteiger partial charge in [-0.05, 0) is 6.07 Å². The first kappa shape index (κ1) is 27.4. The van der Waals surface area contributed by atoms with Gasteiger partial charge in [-0.1, -0.05) is 0 Å². The van der Waals surface area contributed by atoms with Gasteiger partial charge in [0.2, 0.25) is 5.95 Å². The maximum Gasteiger partial charge on any atom is 1.00 e. The molecule has 0 aliphatic carbocycles. The van der Waals surface area contributed by atoms with E-state index in [0.717, 1.165) is 0 Å². The van der Waals surface area contributed by atoms with Crippen molar-refractivity contribution in [2.45, 2.75) is 24.9 Å². The molecule has 2 aromatic heterocycles. The molecule has 1 fully saturated rings. The molecule has 1 aliphatic heterocycles. The normalized spacial score (nSPS) is 26.7.